The third kappa shape index (κ3) is 10.3. The van der Waals surface area contributed by atoms with Crippen LogP contribution in [0.5, 0.6) is 0 Å². The van der Waals surface area contributed by atoms with Gasteiger partial charge in [-0.25, -0.2) is 0 Å². The van der Waals surface area contributed by atoms with Crippen molar-refractivity contribution in [2.24, 2.45) is 0 Å². The number of rotatable bonds is 13. The highest BCUT2D eigenvalue weighted by Gasteiger charge is 2.05. The number of aryl methyl sites for hydroxylation is 1. The summed E-state index contributed by atoms with van der Waals surface area (Å²) in [4.78, 5) is 11.6. The zero-order valence-electron chi connectivity index (χ0n) is 13.1. The molecule has 0 radical (unpaired) electrons. The van der Waals surface area contributed by atoms with Crippen LogP contribution in [0.15, 0.2) is 0 Å². The molecule has 0 fully saturated rings. The van der Waals surface area contributed by atoms with E-state index in [2.05, 4.69) is 22.3 Å². The van der Waals surface area contributed by atoms with Crippen LogP contribution in [0.3, 0.4) is 0 Å². The van der Waals surface area contributed by atoms with Gasteiger partial charge in [-0.1, -0.05) is 72.1 Å². The molecule has 6 heteroatoms. The molecular weight excluding hydrogens is 280 g/mol. The molecule has 0 aliphatic rings. The number of aromatic nitrogens is 4. The molecule has 0 aromatic carbocycles. The zero-order valence-corrected chi connectivity index (χ0v) is 13.1. The lowest BCUT2D eigenvalue weighted by Crippen LogP contribution is -2.11. The van der Waals surface area contributed by atoms with Crippen molar-refractivity contribution in [3.63, 3.8) is 0 Å². The maximum atomic E-state index is 10.5. The van der Waals surface area contributed by atoms with Crippen LogP contribution in [0.4, 0.5) is 0 Å². The Bertz CT molecular complexity index is 393. The first-order valence-electron chi connectivity index (χ1n) is 8.21. The van der Waals surface area contributed by atoms with Gasteiger partial charge in [0.15, 0.2) is 12.4 Å². The second-order valence-corrected chi connectivity index (χ2v) is 5.56. The summed E-state index contributed by atoms with van der Waals surface area (Å²) in [7, 11) is 0. The molecule has 1 N–H and O–H groups in total. The lowest BCUT2D eigenvalue weighted by Gasteiger charge is -2.01. The predicted molar refractivity (Wildman–Crippen MR) is 87.7 cm³/mol. The largest absolute Gasteiger partial charge is 0.480 e. The quantitative estimate of drug-likeness (QED) is 0.559. The number of unbranched alkanes of at least 4 members (excludes halogenated alkanes) is 9. The highest BCUT2D eigenvalue weighted by Crippen LogP contribution is 2.11. The van der Waals surface area contributed by atoms with E-state index in [0.29, 0.717) is 5.82 Å². The van der Waals surface area contributed by atoms with E-state index in [0.717, 1.165) is 17.6 Å². The van der Waals surface area contributed by atoms with E-state index in [9.17, 15) is 4.79 Å². The summed E-state index contributed by atoms with van der Waals surface area (Å²) in [6.45, 7) is 2.03. The molecule has 0 amide bonds. The molecule has 1 heterocycles. The van der Waals surface area contributed by atoms with Crippen LogP contribution in [-0.2, 0) is 17.8 Å². The Balaban J connectivity index is 0.00000441. The Morgan fingerprint density at radius 1 is 1.00 bits per heavy atom. The van der Waals surface area contributed by atoms with Crippen LogP contribution in [0.2, 0.25) is 0 Å². The van der Waals surface area contributed by atoms with Crippen molar-refractivity contribution in [2.45, 2.75) is 91.5 Å². The molecule has 1 aromatic rings. The van der Waals surface area contributed by atoms with Crippen molar-refractivity contribution in [3.05, 3.63) is 5.82 Å². The lowest BCUT2D eigenvalue weighted by atomic mass is 10.1. The lowest BCUT2D eigenvalue weighted by molar-refractivity contribution is -0.138. The minimum atomic E-state index is -0.946. The average molecular weight is 312 g/mol. The molecule has 0 atom stereocenters. The molecule has 0 aliphatic heterocycles. The van der Waals surface area contributed by atoms with Crippen LogP contribution in [-0.4, -0.2) is 31.3 Å². The van der Waals surface area contributed by atoms with Gasteiger partial charge >= 0.3 is 5.97 Å². The van der Waals surface area contributed by atoms with Crippen molar-refractivity contribution in [1.29, 1.82) is 0 Å². The zero-order chi connectivity index (χ0) is 15.3. The van der Waals surface area contributed by atoms with Crippen molar-refractivity contribution >= 4 is 5.97 Å². The minimum Gasteiger partial charge on any atom is -0.480 e. The fourth-order valence-electron chi connectivity index (χ4n) is 2.34. The molecule has 0 aliphatic carbocycles. The molecule has 22 heavy (non-hydrogen) atoms. The smallest absolute Gasteiger partial charge is 0.327 e. The number of carbonyl (C=O) groups is 1. The van der Waals surface area contributed by atoms with Gasteiger partial charge in [0, 0.05) is 6.42 Å². The Morgan fingerprint density at radius 2 is 1.55 bits per heavy atom. The van der Waals surface area contributed by atoms with E-state index < -0.39 is 5.97 Å². The molecule has 0 saturated carbocycles. The van der Waals surface area contributed by atoms with Crippen molar-refractivity contribution in [3.8, 4) is 0 Å². The van der Waals surface area contributed by atoms with E-state index in [1.165, 1.54) is 57.8 Å². The van der Waals surface area contributed by atoms with E-state index in [-0.39, 0.29) is 14.0 Å². The first kappa shape index (κ1) is 20.5. The van der Waals surface area contributed by atoms with Gasteiger partial charge in [-0.05, 0) is 11.6 Å². The summed E-state index contributed by atoms with van der Waals surface area (Å²) in [5, 5.41) is 20.2. The van der Waals surface area contributed by atoms with E-state index in [4.69, 9.17) is 5.11 Å². The second-order valence-electron chi connectivity index (χ2n) is 5.56. The van der Waals surface area contributed by atoms with Gasteiger partial charge in [0.2, 0.25) is 0 Å². The molecule has 6 nitrogen and oxygen atoms in total. The van der Waals surface area contributed by atoms with E-state index >= 15 is 0 Å². The van der Waals surface area contributed by atoms with E-state index in [1.54, 1.807) is 0 Å². The van der Waals surface area contributed by atoms with Gasteiger partial charge in [0.1, 0.15) is 0 Å². The third-order valence-electron chi connectivity index (χ3n) is 3.52. The number of hydrogen-bond donors (Lipinski definition) is 1. The summed E-state index contributed by atoms with van der Waals surface area (Å²) < 4.78 is 0. The number of carboxylic acids is 1. The normalized spacial score (nSPS) is 10.4. The first-order valence-corrected chi connectivity index (χ1v) is 8.21. The van der Waals surface area contributed by atoms with Gasteiger partial charge in [0.05, 0.1) is 0 Å². The Hall–Kier alpha value is -1.46. The number of hydrogen-bond acceptors (Lipinski definition) is 4. The van der Waals surface area contributed by atoms with Gasteiger partial charge in [0.25, 0.3) is 0 Å². The van der Waals surface area contributed by atoms with Crippen LogP contribution >= 0.6 is 0 Å². The summed E-state index contributed by atoms with van der Waals surface area (Å²) >= 11 is 0. The van der Waals surface area contributed by atoms with E-state index in [1.807, 2.05) is 0 Å². The summed E-state index contributed by atoms with van der Waals surface area (Å²) in [6, 6.07) is 0. The molecule has 0 unspecified atom stereocenters. The minimum absolute atomic E-state index is 0. The van der Waals surface area contributed by atoms with Gasteiger partial charge in [-0.15, -0.1) is 10.2 Å². The predicted octanol–water partition coefficient (Wildman–Crippen LogP) is 3.86. The SMILES string of the molecule is C.CCCCCCCCCCCCc1nnn(CC(=O)O)n1. The summed E-state index contributed by atoms with van der Waals surface area (Å²) in [5.41, 5.74) is 0. The van der Waals surface area contributed by atoms with Crippen molar-refractivity contribution in [2.75, 3.05) is 0 Å². The highest BCUT2D eigenvalue weighted by atomic mass is 16.4. The average Bonchev–Trinajstić information content (AvgIpc) is 2.87. The fraction of sp³-hybridized carbons (Fsp3) is 0.875. The Morgan fingerprint density at radius 3 is 2.09 bits per heavy atom. The van der Waals surface area contributed by atoms with Crippen LogP contribution in [0.25, 0.3) is 0 Å². The number of tetrazole rings is 1. The highest BCUT2D eigenvalue weighted by molar-refractivity contribution is 5.66. The van der Waals surface area contributed by atoms with Gasteiger partial charge < -0.3 is 5.11 Å². The molecule has 1 rings (SSSR count). The summed E-state index contributed by atoms with van der Waals surface area (Å²) in [6.07, 6.45) is 13.7. The molecular formula is C16H32N4O2. The number of nitrogens with zero attached hydrogens (tertiary/aromatic N) is 4. The molecule has 0 spiro atoms. The second kappa shape index (κ2) is 13.2. The standard InChI is InChI=1S/C15H28N4O2.CH4/c1-2-3-4-5-6-7-8-9-10-11-12-14-16-18-19(17-14)13-15(20)21;/h2-13H2,1H3,(H,20,21);1H4. The Labute approximate surface area is 134 Å². The molecule has 128 valence electrons. The maximum Gasteiger partial charge on any atom is 0.327 e. The summed E-state index contributed by atoms with van der Waals surface area (Å²) in [5.74, 6) is -0.297. The van der Waals surface area contributed by atoms with Crippen molar-refractivity contribution in [1.82, 2.24) is 20.2 Å². The number of carboxylic acid groups (broad SMARTS) is 1. The van der Waals surface area contributed by atoms with Crippen molar-refractivity contribution < 1.29 is 9.90 Å². The Kier molecular flexibility index (Phi) is 12.3. The maximum absolute atomic E-state index is 10.5. The topological polar surface area (TPSA) is 80.9 Å². The third-order valence-corrected chi connectivity index (χ3v) is 3.52. The van der Waals surface area contributed by atoms with Gasteiger partial charge in [-0.3, -0.25) is 4.79 Å². The number of aliphatic carboxylic acids is 1. The van der Waals surface area contributed by atoms with Gasteiger partial charge in [-0.2, -0.15) is 4.80 Å². The van der Waals surface area contributed by atoms with Crippen LogP contribution in [0.1, 0.15) is 84.4 Å². The molecule has 0 bridgehead atoms. The monoisotopic (exact) mass is 312 g/mol. The molecule has 1 aromatic heterocycles. The van der Waals surface area contributed by atoms with Crippen LogP contribution < -0.4 is 0 Å². The first-order chi connectivity index (χ1) is 10.2. The fourth-order valence-corrected chi connectivity index (χ4v) is 2.34. The van der Waals surface area contributed by atoms with Crippen LogP contribution in [0, 0.1) is 0 Å². The molecule has 0 saturated heterocycles.